The Bertz CT molecular complexity index is 4520. The fraction of sp³-hybridized carbons (Fsp3) is 0.587. The third-order valence-corrected chi connectivity index (χ3v) is 44.8. The van der Waals surface area contributed by atoms with E-state index in [4.69, 9.17) is 8.75 Å². The van der Waals surface area contributed by atoms with Crippen molar-refractivity contribution in [1.82, 2.24) is 13.6 Å². The van der Waals surface area contributed by atoms with Gasteiger partial charge in [0.25, 0.3) is 11.8 Å². The van der Waals surface area contributed by atoms with Gasteiger partial charge in [-0.05, 0) is 150 Å². The molecule has 18 heteroatoms. The number of aryl methyl sites for hydroxylation is 2. The highest BCUT2D eigenvalue weighted by Crippen LogP contribution is 2.55. The molecule has 0 N–H and O–H groups in total. The number of amides is 2. The second kappa shape index (κ2) is 39.1. The maximum absolute atomic E-state index is 18.1. The standard InChI is InChI=1S/C92H123F4N3O2S7Si2/c1-13-23-29-31-33-34-36-38-44-64(43-37-35-32-30-24-14-2)53-99-91(100)79-75(66-46-45-58(11)102-66)85-86(98-108-97-85)76(80(79)92(99)101)67-48-47-65(104-67)68-50-72-89(105-68)90-74(110(72,56-62(21-9)41-27-17-5)57-63(22-10)42-28-18-6)52-70(107-90)78-83(95)81(93)77(82(94)84(78)96)69-51-73-88(106-69)87-71(49-59(12)103-87)109(73,54-60(19-7)39-25-15-3)55-61(20-8)40-26-16-4/h45-52,60-64H,13-44,53-57H2,1-12H3. The average Bonchev–Trinajstić information content (AvgIpc) is 1.55. The summed E-state index contributed by atoms with van der Waals surface area (Å²) in [6.07, 6.45) is 36.4. The highest BCUT2D eigenvalue weighted by atomic mass is 32.1. The van der Waals surface area contributed by atoms with Crippen LogP contribution in [-0.4, -0.2) is 48.2 Å². The lowest BCUT2D eigenvalue weighted by Gasteiger charge is -2.35. The van der Waals surface area contributed by atoms with Crippen molar-refractivity contribution in [3.63, 3.8) is 0 Å². The van der Waals surface area contributed by atoms with E-state index in [0.717, 1.165) is 221 Å². The first-order valence-electron chi connectivity index (χ1n) is 43.2. The molecule has 10 heterocycles. The first kappa shape index (κ1) is 85.1. The molecule has 0 fully saturated rings. The lowest BCUT2D eigenvalue weighted by molar-refractivity contribution is 0.0622. The first-order valence-corrected chi connectivity index (χ1v) is 53.6. The van der Waals surface area contributed by atoms with Crippen molar-refractivity contribution < 1.29 is 27.2 Å². The number of carbonyl (C=O) groups excluding carboxylic acids is 2. The van der Waals surface area contributed by atoms with Crippen molar-refractivity contribution in [2.24, 2.45) is 29.6 Å². The van der Waals surface area contributed by atoms with E-state index in [-0.39, 0.29) is 27.5 Å². The molecule has 12 rings (SSSR count). The molecule has 5 unspecified atom stereocenters. The molecule has 0 bridgehead atoms. The van der Waals surface area contributed by atoms with Crippen LogP contribution in [0.25, 0.3) is 82.1 Å². The predicted octanol–water partition coefficient (Wildman–Crippen LogP) is 30.0. The van der Waals surface area contributed by atoms with Crippen LogP contribution in [0.4, 0.5) is 17.6 Å². The summed E-state index contributed by atoms with van der Waals surface area (Å²) in [5, 5.41) is 5.21. The lowest BCUT2D eigenvalue weighted by Crippen LogP contribution is -2.56. The number of rotatable bonds is 47. The van der Waals surface area contributed by atoms with E-state index in [0.29, 0.717) is 63.5 Å². The first-order chi connectivity index (χ1) is 53.4. The molecule has 2 aromatic carbocycles. The van der Waals surface area contributed by atoms with Gasteiger partial charge in [0.05, 0.1) is 34.0 Å². The summed E-state index contributed by atoms with van der Waals surface area (Å²) in [5.41, 5.74) is 2.32. The van der Waals surface area contributed by atoms with Crippen LogP contribution in [0, 0.1) is 66.7 Å². The van der Waals surface area contributed by atoms with Gasteiger partial charge in [0.15, 0.2) is 23.3 Å². The van der Waals surface area contributed by atoms with Crippen molar-refractivity contribution >= 4 is 139 Å². The van der Waals surface area contributed by atoms with Gasteiger partial charge in [-0.1, -0.05) is 262 Å². The summed E-state index contributed by atoms with van der Waals surface area (Å²) in [6, 6.07) is 21.4. The highest BCUT2D eigenvalue weighted by molar-refractivity contribution is 7.33. The second-order valence-electron chi connectivity index (χ2n) is 33.3. The number of nitrogens with zero attached hydrogens (tertiary/aromatic N) is 3. The molecule has 5 atom stereocenters. The van der Waals surface area contributed by atoms with Crippen LogP contribution in [0.3, 0.4) is 0 Å². The molecule has 5 nitrogen and oxygen atoms in total. The highest BCUT2D eigenvalue weighted by Gasteiger charge is 2.53. The third kappa shape index (κ3) is 17.6. The van der Waals surface area contributed by atoms with Crippen molar-refractivity contribution in [2.75, 3.05) is 6.54 Å². The monoisotopic (exact) mass is 1660 g/mol. The second-order valence-corrected chi connectivity index (χ2v) is 48.7. The molecule has 3 aliphatic rings. The fourth-order valence-corrected chi connectivity index (χ4v) is 42.7. The zero-order valence-corrected chi connectivity index (χ0v) is 75.9. The van der Waals surface area contributed by atoms with Gasteiger partial charge in [0, 0.05) is 76.2 Å². The zero-order valence-electron chi connectivity index (χ0n) is 68.2. The van der Waals surface area contributed by atoms with Gasteiger partial charge in [-0.25, -0.2) is 17.6 Å². The summed E-state index contributed by atoms with van der Waals surface area (Å²) in [5.74, 6) is -3.75. The van der Waals surface area contributed by atoms with Crippen LogP contribution in [0.2, 0.25) is 24.2 Å². The topological polar surface area (TPSA) is 63.2 Å². The van der Waals surface area contributed by atoms with Crippen LogP contribution in [0.1, 0.15) is 305 Å². The van der Waals surface area contributed by atoms with E-state index in [2.05, 4.69) is 119 Å². The van der Waals surface area contributed by atoms with E-state index in [1.165, 1.54) is 112 Å². The molecular weight excluding hydrogens is 1540 g/mol. The molecule has 0 radical (unpaired) electrons. The van der Waals surface area contributed by atoms with E-state index >= 15 is 27.2 Å². The largest absolute Gasteiger partial charge is 0.274 e. The molecule has 9 aromatic rings. The maximum atomic E-state index is 18.1. The van der Waals surface area contributed by atoms with Gasteiger partial charge in [0.1, 0.15) is 27.2 Å². The molecule has 2 amide bonds. The minimum Gasteiger partial charge on any atom is -0.274 e. The number of imide groups is 1. The van der Waals surface area contributed by atoms with Gasteiger partial charge in [0.2, 0.25) is 0 Å². The Labute approximate surface area is 687 Å². The molecule has 0 saturated heterocycles. The number of halogens is 4. The SMILES string of the molecule is CCCCCCCCCCC(CCCCCCCC)CN1C(=O)c2c(c(-c3ccc(-c4cc5c(s4)-c4sc(-c6c(F)c(F)c(-c7cc8c(s7)-c7sc(C)cc7[Si]8(CC(CC)CCCC)CC(CC)CCCC)c(F)c6F)cc4[Si]5(CC(CC)CCCC)CC(CC)CCCC)s3)c3nsnc3c2-c2ccc(C)s2)C1=O. The van der Waals surface area contributed by atoms with Crippen LogP contribution < -0.4 is 20.7 Å². The molecular formula is C92H123F4N3O2S7Si2. The van der Waals surface area contributed by atoms with Crippen LogP contribution >= 0.6 is 79.7 Å². The Morgan fingerprint density at radius 1 is 0.336 bits per heavy atom. The Morgan fingerprint density at radius 3 is 1.06 bits per heavy atom. The predicted molar refractivity (Wildman–Crippen MR) is 479 cm³/mol. The Balaban J connectivity index is 0.955. The van der Waals surface area contributed by atoms with E-state index in [1.54, 1.807) is 50.2 Å². The van der Waals surface area contributed by atoms with Crippen molar-refractivity contribution in [2.45, 2.75) is 313 Å². The number of unbranched alkanes of at least 4 members (excludes halogenated alkanes) is 16. The summed E-state index contributed by atoms with van der Waals surface area (Å²) < 4.78 is 82.1. The Morgan fingerprint density at radius 2 is 0.673 bits per heavy atom. The molecule has 596 valence electrons. The van der Waals surface area contributed by atoms with Gasteiger partial charge in [-0.3, -0.25) is 14.5 Å². The Kier molecular flexibility index (Phi) is 30.3. The van der Waals surface area contributed by atoms with Gasteiger partial charge in [-0.2, -0.15) is 8.75 Å². The molecule has 0 spiro atoms. The summed E-state index contributed by atoms with van der Waals surface area (Å²) in [7, 11) is -5.46. The smallest absolute Gasteiger partial charge is 0.262 e. The summed E-state index contributed by atoms with van der Waals surface area (Å²) in [4.78, 5) is 44.1. The van der Waals surface area contributed by atoms with Crippen molar-refractivity contribution in [3.8, 4) is 71.0 Å². The summed E-state index contributed by atoms with van der Waals surface area (Å²) in [6.45, 7) is 27.5. The summed E-state index contributed by atoms with van der Waals surface area (Å²) >= 11 is 10.5. The lowest BCUT2D eigenvalue weighted by atomic mass is 9.93. The quantitative estimate of drug-likeness (QED) is 0.0125. The number of carbonyl (C=O) groups is 2. The fourth-order valence-electron chi connectivity index (χ4n) is 19.3. The number of thiophene rings is 6. The molecule has 0 saturated carbocycles. The number of benzene rings is 2. The zero-order chi connectivity index (χ0) is 78.0. The minimum absolute atomic E-state index is 0.193. The average molecular weight is 1660 g/mol. The van der Waals surface area contributed by atoms with Crippen molar-refractivity contribution in [3.05, 3.63) is 92.7 Å². The van der Waals surface area contributed by atoms with E-state index < -0.39 is 50.5 Å². The number of hydrogen-bond donors (Lipinski definition) is 0. The number of aromatic nitrogens is 2. The molecule has 0 aliphatic carbocycles. The molecule has 7 aromatic heterocycles. The minimum atomic E-state index is -2.89. The Hall–Kier alpha value is -4.25. The third-order valence-electron chi connectivity index (χ3n) is 25.6. The molecule has 3 aliphatic heterocycles. The van der Waals surface area contributed by atoms with Crippen LogP contribution in [0.15, 0.2) is 48.5 Å². The van der Waals surface area contributed by atoms with E-state index in [9.17, 15) is 0 Å². The van der Waals surface area contributed by atoms with Gasteiger partial charge >= 0.3 is 0 Å². The molecule has 110 heavy (non-hydrogen) atoms. The van der Waals surface area contributed by atoms with Crippen LogP contribution in [0.5, 0.6) is 0 Å². The van der Waals surface area contributed by atoms with Gasteiger partial charge in [-0.15, -0.1) is 68.0 Å². The number of hydrogen-bond acceptors (Lipinski definition) is 11. The number of fused-ring (bicyclic) bond motifs is 8. The normalized spacial score (nSPS) is 17.3. The maximum Gasteiger partial charge on any atom is 0.262 e. The van der Waals surface area contributed by atoms with Crippen molar-refractivity contribution in [1.29, 1.82) is 0 Å². The van der Waals surface area contributed by atoms with Gasteiger partial charge < -0.3 is 0 Å². The van der Waals surface area contributed by atoms with E-state index in [1.807, 2.05) is 12.1 Å². The van der Waals surface area contributed by atoms with Crippen LogP contribution in [-0.2, 0) is 0 Å².